The smallest absolute Gasteiger partial charge is 0.00955 e. The lowest BCUT2D eigenvalue weighted by Crippen LogP contribution is -2.39. The van der Waals surface area contributed by atoms with Crippen molar-refractivity contribution < 1.29 is 0 Å². The molecule has 1 N–H and O–H groups in total. The molecule has 1 aliphatic rings. The van der Waals surface area contributed by atoms with Gasteiger partial charge in [0.15, 0.2) is 0 Å². The fraction of sp³-hybridized carbons (Fsp3) is 0.889. The van der Waals surface area contributed by atoms with Crippen LogP contribution in [-0.2, 0) is 0 Å². The molecule has 1 heteroatoms. The number of hydrogen-bond acceptors (Lipinski definition) is 1. The predicted molar refractivity (Wildman–Crippen MR) is 85.1 cm³/mol. The van der Waals surface area contributed by atoms with Gasteiger partial charge in [0, 0.05) is 12.5 Å². The number of nitrogens with one attached hydrogen (secondary N) is 1. The van der Waals surface area contributed by atoms with Crippen LogP contribution in [0.25, 0.3) is 0 Å². The van der Waals surface area contributed by atoms with Gasteiger partial charge in [0.05, 0.1) is 0 Å². The Morgan fingerprint density at radius 2 is 1.84 bits per heavy atom. The molecular weight excluding hydrogens is 230 g/mol. The van der Waals surface area contributed by atoms with E-state index in [1.807, 2.05) is 0 Å². The molecule has 1 atom stereocenters. The van der Waals surface area contributed by atoms with Crippen molar-refractivity contribution in [2.75, 3.05) is 6.54 Å². The molecule has 19 heavy (non-hydrogen) atoms. The quantitative estimate of drug-likeness (QED) is 0.544. The molecule has 1 fully saturated rings. The van der Waals surface area contributed by atoms with Crippen LogP contribution in [0, 0.1) is 29.6 Å². The summed E-state index contributed by atoms with van der Waals surface area (Å²) in [6.07, 6.45) is 14.3. The Morgan fingerprint density at radius 3 is 2.32 bits per heavy atom. The van der Waals surface area contributed by atoms with Crippen molar-refractivity contribution in [2.24, 2.45) is 17.3 Å². The number of rotatable bonds is 6. The van der Waals surface area contributed by atoms with E-state index in [0.717, 1.165) is 24.8 Å². The molecule has 1 saturated carbocycles. The molecule has 1 nitrogen and oxygen atoms in total. The molecule has 1 rings (SSSR count). The van der Waals surface area contributed by atoms with Crippen molar-refractivity contribution in [2.45, 2.75) is 78.7 Å². The molecule has 0 bridgehead atoms. The summed E-state index contributed by atoms with van der Waals surface area (Å²) < 4.78 is 0. The van der Waals surface area contributed by atoms with Crippen LogP contribution in [0.3, 0.4) is 0 Å². The molecule has 0 amide bonds. The topological polar surface area (TPSA) is 12.0 Å². The summed E-state index contributed by atoms with van der Waals surface area (Å²) in [5.74, 6) is 4.55. The van der Waals surface area contributed by atoms with Gasteiger partial charge in [-0.3, -0.25) is 0 Å². The summed E-state index contributed by atoms with van der Waals surface area (Å²) in [6.45, 7) is 10.5. The third-order valence-corrected chi connectivity index (χ3v) is 4.87. The predicted octanol–water partition coefficient (Wildman–Crippen LogP) is 4.62. The molecule has 0 spiro atoms. The van der Waals surface area contributed by atoms with Crippen LogP contribution in [0.5, 0.6) is 0 Å². The lowest BCUT2D eigenvalue weighted by Gasteiger charge is -2.39. The van der Waals surface area contributed by atoms with E-state index >= 15 is 0 Å². The standard InChI is InChI=1S/C18H33N/c1-6-8-9-10-17(19-7-2)15-11-13-16(14-12-15)18(3,4)5/h1,15-17,19H,7-14H2,2-5H3. The SMILES string of the molecule is C#CCCCC(NCC)C1CCC(C(C)(C)C)CC1. The maximum Gasteiger partial charge on any atom is 0.00955 e. The normalized spacial score (nSPS) is 25.8. The Bertz CT molecular complexity index is 273. The van der Waals surface area contributed by atoms with E-state index in [1.54, 1.807) is 0 Å². The fourth-order valence-electron chi connectivity index (χ4n) is 3.58. The van der Waals surface area contributed by atoms with Crippen LogP contribution in [0.1, 0.15) is 72.6 Å². The maximum atomic E-state index is 5.36. The molecular formula is C18H33N. The Kier molecular flexibility index (Phi) is 6.94. The van der Waals surface area contributed by atoms with Crippen LogP contribution in [0.15, 0.2) is 0 Å². The number of hydrogen-bond donors (Lipinski definition) is 1. The Balaban J connectivity index is 2.43. The van der Waals surface area contributed by atoms with Crippen LogP contribution in [-0.4, -0.2) is 12.6 Å². The zero-order chi connectivity index (χ0) is 14.3. The minimum Gasteiger partial charge on any atom is -0.314 e. The first-order valence-electron chi connectivity index (χ1n) is 8.15. The molecule has 0 heterocycles. The zero-order valence-corrected chi connectivity index (χ0v) is 13.5. The molecule has 0 saturated heterocycles. The summed E-state index contributed by atoms with van der Waals surface area (Å²) in [5, 5.41) is 3.70. The summed E-state index contributed by atoms with van der Waals surface area (Å²) in [6, 6.07) is 0.694. The van der Waals surface area contributed by atoms with Crippen molar-refractivity contribution in [3.63, 3.8) is 0 Å². The fourth-order valence-corrected chi connectivity index (χ4v) is 3.58. The van der Waals surface area contributed by atoms with E-state index in [-0.39, 0.29) is 0 Å². The lowest BCUT2D eigenvalue weighted by molar-refractivity contribution is 0.130. The average Bonchev–Trinajstić information content (AvgIpc) is 2.37. The molecule has 0 radical (unpaired) electrons. The number of terminal acetylenes is 1. The van der Waals surface area contributed by atoms with Gasteiger partial charge in [-0.15, -0.1) is 12.3 Å². The monoisotopic (exact) mass is 263 g/mol. The summed E-state index contributed by atoms with van der Waals surface area (Å²) >= 11 is 0. The first-order chi connectivity index (χ1) is 8.99. The van der Waals surface area contributed by atoms with Gasteiger partial charge in [-0.1, -0.05) is 27.7 Å². The second-order valence-corrected chi connectivity index (χ2v) is 7.24. The molecule has 0 aromatic rings. The third kappa shape index (κ3) is 5.57. The molecule has 0 aromatic heterocycles. The highest BCUT2D eigenvalue weighted by Crippen LogP contribution is 2.41. The van der Waals surface area contributed by atoms with Crippen molar-refractivity contribution >= 4 is 0 Å². The average molecular weight is 263 g/mol. The van der Waals surface area contributed by atoms with Gasteiger partial charge in [-0.2, -0.15) is 0 Å². The van der Waals surface area contributed by atoms with Crippen LogP contribution >= 0.6 is 0 Å². The van der Waals surface area contributed by atoms with Crippen LogP contribution in [0.4, 0.5) is 0 Å². The minimum atomic E-state index is 0.488. The van der Waals surface area contributed by atoms with Crippen LogP contribution < -0.4 is 5.32 Å². The molecule has 0 aromatic carbocycles. The van der Waals surface area contributed by atoms with E-state index in [0.29, 0.717) is 11.5 Å². The van der Waals surface area contributed by atoms with Crippen molar-refractivity contribution in [3.05, 3.63) is 0 Å². The summed E-state index contributed by atoms with van der Waals surface area (Å²) in [7, 11) is 0. The van der Waals surface area contributed by atoms with E-state index < -0.39 is 0 Å². The maximum absolute atomic E-state index is 5.36. The van der Waals surface area contributed by atoms with Gasteiger partial charge >= 0.3 is 0 Å². The minimum absolute atomic E-state index is 0.488. The second-order valence-electron chi connectivity index (χ2n) is 7.24. The molecule has 110 valence electrons. The van der Waals surface area contributed by atoms with E-state index in [9.17, 15) is 0 Å². The van der Waals surface area contributed by atoms with Gasteiger partial charge in [0.1, 0.15) is 0 Å². The summed E-state index contributed by atoms with van der Waals surface area (Å²) in [5.41, 5.74) is 0.488. The van der Waals surface area contributed by atoms with Crippen molar-refractivity contribution in [3.8, 4) is 12.3 Å². The highest BCUT2D eigenvalue weighted by atomic mass is 14.9. The zero-order valence-electron chi connectivity index (χ0n) is 13.5. The molecule has 0 aliphatic heterocycles. The first-order valence-corrected chi connectivity index (χ1v) is 8.15. The van der Waals surface area contributed by atoms with E-state index in [4.69, 9.17) is 6.42 Å². The van der Waals surface area contributed by atoms with Crippen molar-refractivity contribution in [1.82, 2.24) is 5.32 Å². The van der Waals surface area contributed by atoms with Gasteiger partial charge < -0.3 is 5.32 Å². The largest absolute Gasteiger partial charge is 0.314 e. The Hall–Kier alpha value is -0.480. The first kappa shape index (κ1) is 16.6. The van der Waals surface area contributed by atoms with Gasteiger partial charge in [-0.05, 0) is 62.3 Å². The molecule has 1 aliphatic carbocycles. The van der Waals surface area contributed by atoms with Gasteiger partial charge in [0.2, 0.25) is 0 Å². The second kappa shape index (κ2) is 7.95. The Morgan fingerprint density at radius 1 is 1.21 bits per heavy atom. The van der Waals surface area contributed by atoms with Crippen LogP contribution in [0.2, 0.25) is 0 Å². The van der Waals surface area contributed by atoms with E-state index in [2.05, 4.69) is 38.9 Å². The van der Waals surface area contributed by atoms with Gasteiger partial charge in [-0.25, -0.2) is 0 Å². The molecule has 1 unspecified atom stereocenters. The van der Waals surface area contributed by atoms with E-state index in [1.165, 1.54) is 38.5 Å². The lowest BCUT2D eigenvalue weighted by atomic mass is 9.68. The summed E-state index contributed by atoms with van der Waals surface area (Å²) in [4.78, 5) is 0. The highest BCUT2D eigenvalue weighted by molar-refractivity contribution is 4.88. The highest BCUT2D eigenvalue weighted by Gasteiger charge is 2.32. The number of unbranched alkanes of at least 4 members (excludes halogenated alkanes) is 1. The third-order valence-electron chi connectivity index (χ3n) is 4.87. The van der Waals surface area contributed by atoms with Crippen molar-refractivity contribution in [1.29, 1.82) is 0 Å². The Labute approximate surface area is 120 Å². The van der Waals surface area contributed by atoms with Gasteiger partial charge in [0.25, 0.3) is 0 Å².